The molecule has 128 valence electrons. The predicted molar refractivity (Wildman–Crippen MR) is 76.4 cm³/mol. The normalized spacial score (nSPS) is 31.6. The largest absolute Gasteiger partial charge is 0.406 e. The molecule has 4 nitrogen and oxygen atoms in total. The highest BCUT2D eigenvalue weighted by Gasteiger charge is 2.47. The van der Waals surface area contributed by atoms with Gasteiger partial charge in [-0.2, -0.15) is 13.2 Å². The number of ether oxygens (including phenoxy) is 1. The molecular weight excluding hydrogens is 297 g/mol. The first-order valence-corrected chi connectivity index (χ1v) is 7.71. The Balaban J connectivity index is 2.02. The summed E-state index contributed by atoms with van der Waals surface area (Å²) in [6, 6.07) is -0.611. The van der Waals surface area contributed by atoms with Gasteiger partial charge in [-0.3, -0.25) is 4.79 Å². The third kappa shape index (κ3) is 4.13. The van der Waals surface area contributed by atoms with E-state index in [0.29, 0.717) is 12.8 Å². The molecular formula is C15H25F3N2O2. The van der Waals surface area contributed by atoms with E-state index in [0.717, 1.165) is 11.3 Å². The SMILES string of the molecule is CC1(C)C[C@@H](N[C@H]2CCCN(CC(F)(F)F)C2=O)C(C)(C)O1. The van der Waals surface area contributed by atoms with Crippen LogP contribution < -0.4 is 5.32 Å². The molecule has 1 amide bonds. The Bertz CT molecular complexity index is 435. The first-order valence-electron chi connectivity index (χ1n) is 7.71. The Morgan fingerprint density at radius 3 is 2.45 bits per heavy atom. The summed E-state index contributed by atoms with van der Waals surface area (Å²) in [5, 5.41) is 3.25. The third-order valence-corrected chi connectivity index (χ3v) is 4.38. The van der Waals surface area contributed by atoms with E-state index < -0.39 is 30.3 Å². The number of piperidine rings is 1. The Hall–Kier alpha value is -0.820. The van der Waals surface area contributed by atoms with Gasteiger partial charge in [-0.1, -0.05) is 0 Å². The van der Waals surface area contributed by atoms with Crippen molar-refractivity contribution in [3.05, 3.63) is 0 Å². The smallest absolute Gasteiger partial charge is 0.368 e. The van der Waals surface area contributed by atoms with Gasteiger partial charge in [-0.15, -0.1) is 0 Å². The molecule has 0 aromatic heterocycles. The van der Waals surface area contributed by atoms with E-state index in [1.165, 1.54) is 0 Å². The topological polar surface area (TPSA) is 41.6 Å². The molecule has 2 fully saturated rings. The summed E-state index contributed by atoms with van der Waals surface area (Å²) < 4.78 is 43.6. The van der Waals surface area contributed by atoms with Gasteiger partial charge in [-0.25, -0.2) is 0 Å². The van der Waals surface area contributed by atoms with Crippen molar-refractivity contribution < 1.29 is 22.7 Å². The lowest BCUT2D eigenvalue weighted by Crippen LogP contribution is -2.57. The van der Waals surface area contributed by atoms with Gasteiger partial charge in [0.15, 0.2) is 0 Å². The Morgan fingerprint density at radius 1 is 1.32 bits per heavy atom. The van der Waals surface area contributed by atoms with Crippen LogP contribution in [0.15, 0.2) is 0 Å². The fourth-order valence-electron chi connectivity index (χ4n) is 3.53. The number of hydrogen-bond donors (Lipinski definition) is 1. The second-order valence-electron chi connectivity index (χ2n) is 7.46. The van der Waals surface area contributed by atoms with Crippen molar-refractivity contribution in [2.24, 2.45) is 0 Å². The van der Waals surface area contributed by atoms with E-state index in [1.54, 1.807) is 0 Å². The summed E-state index contributed by atoms with van der Waals surface area (Å²) >= 11 is 0. The van der Waals surface area contributed by atoms with Crippen molar-refractivity contribution in [2.45, 2.75) is 76.4 Å². The van der Waals surface area contributed by atoms with Gasteiger partial charge in [0.2, 0.25) is 5.91 Å². The molecule has 0 bridgehead atoms. The monoisotopic (exact) mass is 322 g/mol. The molecule has 2 aliphatic heterocycles. The minimum absolute atomic E-state index is 0.0534. The van der Waals surface area contributed by atoms with Crippen LogP contribution in [0.4, 0.5) is 13.2 Å². The Morgan fingerprint density at radius 2 is 1.95 bits per heavy atom. The first kappa shape index (κ1) is 17.5. The van der Waals surface area contributed by atoms with E-state index in [4.69, 9.17) is 4.74 Å². The summed E-state index contributed by atoms with van der Waals surface area (Å²) in [7, 11) is 0. The van der Waals surface area contributed by atoms with Crippen molar-refractivity contribution in [2.75, 3.05) is 13.1 Å². The van der Waals surface area contributed by atoms with Crippen LogP contribution >= 0.6 is 0 Å². The zero-order chi connectivity index (χ0) is 16.8. The molecule has 0 aromatic rings. The number of hydrogen-bond acceptors (Lipinski definition) is 3. The van der Waals surface area contributed by atoms with Gasteiger partial charge < -0.3 is 15.0 Å². The maximum Gasteiger partial charge on any atom is 0.406 e. The first-order chi connectivity index (χ1) is 9.90. The van der Waals surface area contributed by atoms with Crippen molar-refractivity contribution >= 4 is 5.91 Å². The van der Waals surface area contributed by atoms with Gasteiger partial charge in [0, 0.05) is 12.6 Å². The quantitative estimate of drug-likeness (QED) is 0.868. The summed E-state index contributed by atoms with van der Waals surface area (Å²) in [5.41, 5.74) is -0.749. The molecule has 0 radical (unpaired) electrons. The lowest BCUT2D eigenvalue weighted by atomic mass is 9.92. The molecule has 2 aliphatic rings. The Labute approximate surface area is 129 Å². The van der Waals surface area contributed by atoms with Crippen LogP contribution in [0.2, 0.25) is 0 Å². The third-order valence-electron chi connectivity index (χ3n) is 4.38. The highest BCUT2D eigenvalue weighted by molar-refractivity contribution is 5.82. The number of nitrogens with zero attached hydrogens (tertiary/aromatic N) is 1. The van der Waals surface area contributed by atoms with E-state index >= 15 is 0 Å². The number of rotatable bonds is 3. The summed E-state index contributed by atoms with van der Waals surface area (Å²) in [4.78, 5) is 13.2. The van der Waals surface area contributed by atoms with Gasteiger partial charge in [0.25, 0.3) is 0 Å². The van der Waals surface area contributed by atoms with Crippen molar-refractivity contribution in [3.8, 4) is 0 Å². The highest BCUT2D eigenvalue weighted by Crippen LogP contribution is 2.37. The number of carbonyl (C=O) groups excluding carboxylic acids is 1. The van der Waals surface area contributed by atoms with E-state index in [9.17, 15) is 18.0 Å². The summed E-state index contributed by atoms with van der Waals surface area (Å²) in [6.45, 7) is 6.86. The molecule has 0 saturated carbocycles. The van der Waals surface area contributed by atoms with Crippen molar-refractivity contribution in [1.82, 2.24) is 10.2 Å². The molecule has 7 heteroatoms. The molecule has 0 unspecified atom stereocenters. The number of likely N-dealkylation sites (tertiary alicyclic amines) is 1. The number of carbonyl (C=O) groups is 1. The van der Waals surface area contributed by atoms with E-state index in [-0.39, 0.29) is 18.2 Å². The molecule has 0 spiro atoms. The molecule has 2 atom stereocenters. The maximum atomic E-state index is 12.5. The van der Waals surface area contributed by atoms with Crippen LogP contribution in [-0.2, 0) is 9.53 Å². The van der Waals surface area contributed by atoms with Crippen LogP contribution in [0.5, 0.6) is 0 Å². The van der Waals surface area contributed by atoms with Crippen molar-refractivity contribution in [1.29, 1.82) is 0 Å². The van der Waals surface area contributed by atoms with E-state index in [2.05, 4.69) is 5.32 Å². The molecule has 0 aromatic carbocycles. The predicted octanol–water partition coefficient (Wildman–Crippen LogP) is 2.48. The second kappa shape index (κ2) is 5.67. The standard InChI is InChI=1S/C15H25F3N2O2/c1-13(2)8-11(14(3,4)22-13)19-10-6-5-7-20(12(10)21)9-15(16,17)18/h10-11,19H,5-9H2,1-4H3/t10-,11+/m0/s1. The fraction of sp³-hybridized carbons (Fsp3) is 0.933. The van der Waals surface area contributed by atoms with Crippen LogP contribution in [0.25, 0.3) is 0 Å². The van der Waals surface area contributed by atoms with Crippen LogP contribution in [0, 0.1) is 0 Å². The number of nitrogens with one attached hydrogen (secondary N) is 1. The number of halogens is 3. The molecule has 2 saturated heterocycles. The minimum Gasteiger partial charge on any atom is -0.368 e. The van der Waals surface area contributed by atoms with Crippen LogP contribution in [0.3, 0.4) is 0 Å². The van der Waals surface area contributed by atoms with Crippen LogP contribution in [-0.4, -0.2) is 53.4 Å². The molecule has 2 heterocycles. The maximum absolute atomic E-state index is 12.5. The number of amides is 1. The minimum atomic E-state index is -4.35. The average Bonchev–Trinajstić information content (AvgIpc) is 2.50. The van der Waals surface area contributed by atoms with Crippen LogP contribution in [0.1, 0.15) is 47.0 Å². The number of alkyl halides is 3. The summed E-state index contributed by atoms with van der Waals surface area (Å²) in [5.74, 6) is -0.455. The lowest BCUT2D eigenvalue weighted by Gasteiger charge is -2.36. The average molecular weight is 322 g/mol. The molecule has 22 heavy (non-hydrogen) atoms. The van der Waals surface area contributed by atoms with Gasteiger partial charge in [-0.05, 0) is 47.0 Å². The Kier molecular flexibility index (Phi) is 4.52. The lowest BCUT2D eigenvalue weighted by molar-refractivity contribution is -0.165. The molecule has 1 N–H and O–H groups in total. The second-order valence-corrected chi connectivity index (χ2v) is 7.46. The van der Waals surface area contributed by atoms with Gasteiger partial charge >= 0.3 is 6.18 Å². The zero-order valence-electron chi connectivity index (χ0n) is 13.6. The van der Waals surface area contributed by atoms with E-state index in [1.807, 2.05) is 27.7 Å². The van der Waals surface area contributed by atoms with Gasteiger partial charge in [0.1, 0.15) is 6.54 Å². The highest BCUT2D eigenvalue weighted by atomic mass is 19.4. The summed E-state index contributed by atoms with van der Waals surface area (Å²) in [6.07, 6.45) is -2.48. The molecule has 2 rings (SSSR count). The zero-order valence-corrected chi connectivity index (χ0v) is 13.6. The fourth-order valence-corrected chi connectivity index (χ4v) is 3.53. The van der Waals surface area contributed by atoms with Crippen molar-refractivity contribution in [3.63, 3.8) is 0 Å². The van der Waals surface area contributed by atoms with Gasteiger partial charge in [0.05, 0.1) is 17.2 Å². The molecule has 0 aliphatic carbocycles.